The Balaban J connectivity index is 2.46. The van der Waals surface area contributed by atoms with Crippen LogP contribution in [0.3, 0.4) is 0 Å². The Hall–Kier alpha value is -1.40. The molecule has 1 aromatic heterocycles. The number of para-hydroxylation sites is 1. The minimum atomic E-state index is -0.0120. The Morgan fingerprint density at radius 1 is 1.33 bits per heavy atom. The molecule has 21 heavy (non-hydrogen) atoms. The largest absolute Gasteiger partial charge is 0.494 e. The molecule has 0 spiro atoms. The van der Waals surface area contributed by atoms with Gasteiger partial charge < -0.3 is 10.1 Å². The van der Waals surface area contributed by atoms with Crippen molar-refractivity contribution in [3.8, 4) is 5.75 Å². The Morgan fingerprint density at radius 3 is 2.71 bits per heavy atom. The van der Waals surface area contributed by atoms with Crippen LogP contribution in [0, 0.1) is 0 Å². The van der Waals surface area contributed by atoms with Gasteiger partial charge in [-0.15, -0.1) is 5.10 Å². The zero-order valence-corrected chi connectivity index (χ0v) is 14.2. The summed E-state index contributed by atoms with van der Waals surface area (Å²) in [4.78, 5) is 0. The Kier molecular flexibility index (Phi) is 5.76. The van der Waals surface area contributed by atoms with E-state index < -0.39 is 0 Å². The summed E-state index contributed by atoms with van der Waals surface area (Å²) in [5.74, 6) is 0.890. The van der Waals surface area contributed by atoms with Gasteiger partial charge in [0.1, 0.15) is 5.75 Å². The van der Waals surface area contributed by atoms with Gasteiger partial charge in [0.25, 0.3) is 0 Å². The minimum absolute atomic E-state index is 0.0120. The van der Waals surface area contributed by atoms with Gasteiger partial charge in [-0.1, -0.05) is 30.3 Å². The third kappa shape index (κ3) is 3.63. The summed E-state index contributed by atoms with van der Waals surface area (Å²) >= 11 is 3.50. The normalized spacial score (nSPS) is 12.4. The zero-order valence-electron chi connectivity index (χ0n) is 12.6. The number of nitrogens with zero attached hydrogens (tertiary/aromatic N) is 3. The maximum atomic E-state index is 5.77. The molecule has 0 saturated carbocycles. The van der Waals surface area contributed by atoms with E-state index in [4.69, 9.17) is 4.74 Å². The van der Waals surface area contributed by atoms with Crippen LogP contribution in [0.5, 0.6) is 5.75 Å². The van der Waals surface area contributed by atoms with Crippen molar-refractivity contribution in [2.75, 3.05) is 13.2 Å². The number of nitrogens with one attached hydrogen (secondary N) is 1. The van der Waals surface area contributed by atoms with Crippen LogP contribution >= 0.6 is 15.9 Å². The SMILES string of the molecule is CCCNC(c1ccccc1OCC)c1c(Br)nnn1C. The first kappa shape index (κ1) is 16.0. The number of benzene rings is 1. The third-order valence-corrected chi connectivity index (χ3v) is 3.79. The monoisotopic (exact) mass is 352 g/mol. The summed E-state index contributed by atoms with van der Waals surface area (Å²) in [6, 6.07) is 8.08. The van der Waals surface area contributed by atoms with Crippen molar-refractivity contribution in [1.82, 2.24) is 20.3 Å². The van der Waals surface area contributed by atoms with E-state index in [1.54, 1.807) is 4.68 Å². The lowest BCUT2D eigenvalue weighted by molar-refractivity contribution is 0.332. The molecule has 114 valence electrons. The quantitative estimate of drug-likeness (QED) is 0.831. The molecule has 6 heteroatoms. The predicted molar refractivity (Wildman–Crippen MR) is 86.5 cm³/mol. The number of halogens is 1. The molecule has 2 aromatic rings. The average Bonchev–Trinajstić information content (AvgIpc) is 2.81. The summed E-state index contributed by atoms with van der Waals surface area (Å²) in [6.45, 7) is 5.69. The highest BCUT2D eigenvalue weighted by atomic mass is 79.9. The summed E-state index contributed by atoms with van der Waals surface area (Å²) in [5.41, 5.74) is 2.09. The lowest BCUT2D eigenvalue weighted by atomic mass is 10.0. The average molecular weight is 353 g/mol. The van der Waals surface area contributed by atoms with E-state index in [2.05, 4.69) is 44.5 Å². The van der Waals surface area contributed by atoms with Crippen LogP contribution in [0.2, 0.25) is 0 Å². The second kappa shape index (κ2) is 7.56. The fraction of sp³-hybridized carbons (Fsp3) is 0.467. The van der Waals surface area contributed by atoms with Crippen LogP contribution in [0.25, 0.3) is 0 Å². The summed E-state index contributed by atoms with van der Waals surface area (Å²) < 4.78 is 8.32. The van der Waals surface area contributed by atoms with Gasteiger partial charge in [0, 0.05) is 12.6 Å². The summed E-state index contributed by atoms with van der Waals surface area (Å²) in [5, 5.41) is 11.7. The van der Waals surface area contributed by atoms with E-state index >= 15 is 0 Å². The standard InChI is InChI=1S/C15H21BrN4O/c1-4-10-17-13(14-15(16)18-19-20(14)3)11-8-6-7-9-12(11)21-5-2/h6-9,13,17H,4-5,10H2,1-3H3. The molecule has 0 aliphatic rings. The number of rotatable bonds is 7. The van der Waals surface area contributed by atoms with E-state index in [-0.39, 0.29) is 6.04 Å². The molecule has 0 amide bonds. The lowest BCUT2D eigenvalue weighted by Gasteiger charge is -2.22. The molecule has 1 atom stereocenters. The fourth-order valence-corrected chi connectivity index (χ4v) is 2.85. The van der Waals surface area contributed by atoms with Crippen molar-refractivity contribution < 1.29 is 4.74 Å². The highest BCUT2D eigenvalue weighted by Crippen LogP contribution is 2.32. The molecule has 0 bridgehead atoms. The van der Waals surface area contributed by atoms with Crippen molar-refractivity contribution in [2.45, 2.75) is 26.3 Å². The van der Waals surface area contributed by atoms with Crippen molar-refractivity contribution in [2.24, 2.45) is 7.05 Å². The minimum Gasteiger partial charge on any atom is -0.494 e. The molecular formula is C15H21BrN4O. The van der Waals surface area contributed by atoms with Gasteiger partial charge in [-0.25, -0.2) is 4.68 Å². The molecule has 0 aliphatic heterocycles. The van der Waals surface area contributed by atoms with E-state index in [1.165, 1.54) is 0 Å². The third-order valence-electron chi connectivity index (χ3n) is 3.23. The van der Waals surface area contributed by atoms with Crippen LogP contribution in [0.4, 0.5) is 0 Å². The molecule has 5 nitrogen and oxygen atoms in total. The number of hydrogen-bond acceptors (Lipinski definition) is 4. The highest BCUT2D eigenvalue weighted by Gasteiger charge is 2.24. The van der Waals surface area contributed by atoms with E-state index in [0.29, 0.717) is 6.61 Å². The van der Waals surface area contributed by atoms with Gasteiger partial charge in [0.15, 0.2) is 4.60 Å². The van der Waals surface area contributed by atoms with Crippen LogP contribution in [0.15, 0.2) is 28.9 Å². The molecule has 0 radical (unpaired) electrons. The number of aryl methyl sites for hydroxylation is 1. The molecule has 1 N–H and O–H groups in total. The van der Waals surface area contributed by atoms with Crippen molar-refractivity contribution in [3.63, 3.8) is 0 Å². The van der Waals surface area contributed by atoms with Crippen molar-refractivity contribution >= 4 is 15.9 Å². The maximum Gasteiger partial charge on any atom is 0.153 e. The van der Waals surface area contributed by atoms with E-state index in [0.717, 1.165) is 34.6 Å². The maximum absolute atomic E-state index is 5.77. The zero-order chi connectivity index (χ0) is 15.2. The van der Waals surface area contributed by atoms with Crippen LogP contribution in [-0.2, 0) is 7.05 Å². The Bertz CT molecular complexity index is 565. The van der Waals surface area contributed by atoms with Gasteiger partial charge in [-0.2, -0.15) is 0 Å². The number of aromatic nitrogens is 3. The Labute approximate surface area is 133 Å². The van der Waals surface area contributed by atoms with Gasteiger partial charge in [-0.05, 0) is 41.9 Å². The van der Waals surface area contributed by atoms with Gasteiger partial charge in [0.05, 0.1) is 18.3 Å². The first-order valence-corrected chi connectivity index (χ1v) is 7.98. The van der Waals surface area contributed by atoms with E-state index in [1.807, 2.05) is 32.2 Å². The molecule has 1 heterocycles. The molecule has 0 saturated heterocycles. The van der Waals surface area contributed by atoms with Crippen molar-refractivity contribution in [1.29, 1.82) is 0 Å². The number of hydrogen-bond donors (Lipinski definition) is 1. The molecular weight excluding hydrogens is 332 g/mol. The summed E-state index contributed by atoms with van der Waals surface area (Å²) in [7, 11) is 1.90. The van der Waals surface area contributed by atoms with E-state index in [9.17, 15) is 0 Å². The molecule has 0 fully saturated rings. The topological polar surface area (TPSA) is 52.0 Å². The smallest absolute Gasteiger partial charge is 0.153 e. The summed E-state index contributed by atoms with van der Waals surface area (Å²) in [6.07, 6.45) is 1.05. The molecule has 1 unspecified atom stereocenters. The van der Waals surface area contributed by atoms with Gasteiger partial charge >= 0.3 is 0 Å². The van der Waals surface area contributed by atoms with Crippen LogP contribution in [0.1, 0.15) is 37.6 Å². The Morgan fingerprint density at radius 2 is 2.10 bits per heavy atom. The molecule has 0 aliphatic carbocycles. The predicted octanol–water partition coefficient (Wildman–Crippen LogP) is 3.07. The lowest BCUT2D eigenvalue weighted by Crippen LogP contribution is -2.26. The second-order valence-electron chi connectivity index (χ2n) is 4.75. The molecule has 1 aromatic carbocycles. The number of ether oxygens (including phenoxy) is 1. The highest BCUT2D eigenvalue weighted by molar-refractivity contribution is 9.10. The first-order chi connectivity index (χ1) is 10.2. The van der Waals surface area contributed by atoms with Gasteiger partial charge in [-0.3, -0.25) is 0 Å². The first-order valence-electron chi connectivity index (χ1n) is 7.19. The van der Waals surface area contributed by atoms with Crippen LogP contribution in [-0.4, -0.2) is 28.1 Å². The fourth-order valence-electron chi connectivity index (χ4n) is 2.29. The van der Waals surface area contributed by atoms with Crippen LogP contribution < -0.4 is 10.1 Å². The molecule has 2 rings (SSSR count). The van der Waals surface area contributed by atoms with Gasteiger partial charge in [0.2, 0.25) is 0 Å². The van der Waals surface area contributed by atoms with Crippen molar-refractivity contribution in [3.05, 3.63) is 40.1 Å². The second-order valence-corrected chi connectivity index (χ2v) is 5.50.